The molecule has 0 aliphatic carbocycles. The Morgan fingerprint density at radius 2 is 1.64 bits per heavy atom. The SMILES string of the molecule is CCC(CC)(CCl)CCS(=O)(=O)CC. The lowest BCUT2D eigenvalue weighted by Gasteiger charge is -2.28. The Labute approximate surface area is 93.0 Å². The van der Waals surface area contributed by atoms with Crippen molar-refractivity contribution < 1.29 is 8.42 Å². The fraction of sp³-hybridized carbons (Fsp3) is 1.00. The standard InChI is InChI=1S/C10H21ClO2S/c1-4-10(5-2,9-11)7-8-14(12,13)6-3/h4-9H2,1-3H3. The van der Waals surface area contributed by atoms with Crippen LogP contribution in [0, 0.1) is 5.41 Å². The first kappa shape index (κ1) is 14.2. The van der Waals surface area contributed by atoms with Crippen LogP contribution in [0.1, 0.15) is 40.0 Å². The summed E-state index contributed by atoms with van der Waals surface area (Å²) >= 11 is 5.90. The Hall–Kier alpha value is 0.240. The van der Waals surface area contributed by atoms with E-state index in [0.29, 0.717) is 12.3 Å². The molecule has 0 amide bonds. The molecule has 4 heteroatoms. The van der Waals surface area contributed by atoms with Gasteiger partial charge in [0.25, 0.3) is 0 Å². The van der Waals surface area contributed by atoms with Gasteiger partial charge in [0.05, 0.1) is 5.75 Å². The fourth-order valence-corrected chi connectivity index (χ4v) is 2.92. The smallest absolute Gasteiger partial charge is 0.150 e. The van der Waals surface area contributed by atoms with Crippen molar-refractivity contribution in [2.24, 2.45) is 5.41 Å². The molecule has 0 spiro atoms. The predicted octanol–water partition coefficient (Wildman–Crippen LogP) is 2.86. The maximum absolute atomic E-state index is 11.4. The van der Waals surface area contributed by atoms with Crippen molar-refractivity contribution in [1.82, 2.24) is 0 Å². The summed E-state index contributed by atoms with van der Waals surface area (Å²) in [5.41, 5.74) is 0.0177. The molecule has 0 fully saturated rings. The molecule has 0 heterocycles. The number of hydrogen-bond donors (Lipinski definition) is 0. The highest BCUT2D eigenvalue weighted by Crippen LogP contribution is 2.32. The average Bonchev–Trinajstić information content (AvgIpc) is 2.21. The summed E-state index contributed by atoms with van der Waals surface area (Å²) in [6.07, 6.45) is 2.60. The van der Waals surface area contributed by atoms with Gasteiger partial charge in [-0.1, -0.05) is 20.8 Å². The van der Waals surface area contributed by atoms with Crippen LogP contribution in [-0.2, 0) is 9.84 Å². The van der Waals surface area contributed by atoms with Crippen molar-refractivity contribution in [3.05, 3.63) is 0 Å². The van der Waals surface area contributed by atoms with E-state index in [-0.39, 0.29) is 16.9 Å². The number of hydrogen-bond acceptors (Lipinski definition) is 2. The van der Waals surface area contributed by atoms with Gasteiger partial charge < -0.3 is 0 Å². The van der Waals surface area contributed by atoms with E-state index in [0.717, 1.165) is 12.8 Å². The van der Waals surface area contributed by atoms with E-state index in [1.165, 1.54) is 0 Å². The van der Waals surface area contributed by atoms with Crippen LogP contribution in [0.3, 0.4) is 0 Å². The van der Waals surface area contributed by atoms with E-state index in [4.69, 9.17) is 11.6 Å². The zero-order valence-corrected chi connectivity index (χ0v) is 10.9. The van der Waals surface area contributed by atoms with E-state index in [1.807, 2.05) is 0 Å². The topological polar surface area (TPSA) is 34.1 Å². The first-order chi connectivity index (χ1) is 6.45. The van der Waals surface area contributed by atoms with Gasteiger partial charge in [0.1, 0.15) is 9.84 Å². The molecular weight excluding hydrogens is 220 g/mol. The average molecular weight is 241 g/mol. The second-order valence-corrected chi connectivity index (χ2v) is 6.57. The van der Waals surface area contributed by atoms with Crippen LogP contribution in [0.15, 0.2) is 0 Å². The molecule has 14 heavy (non-hydrogen) atoms. The van der Waals surface area contributed by atoms with Crippen molar-refractivity contribution in [2.45, 2.75) is 40.0 Å². The first-order valence-electron chi connectivity index (χ1n) is 5.21. The van der Waals surface area contributed by atoms with Gasteiger partial charge in [0, 0.05) is 11.6 Å². The van der Waals surface area contributed by atoms with Gasteiger partial charge in [-0.2, -0.15) is 0 Å². The number of sulfone groups is 1. The minimum Gasteiger partial charge on any atom is -0.229 e. The molecule has 0 aliphatic heterocycles. The third kappa shape index (κ3) is 4.18. The second-order valence-electron chi connectivity index (χ2n) is 3.83. The Morgan fingerprint density at radius 1 is 1.14 bits per heavy atom. The zero-order chi connectivity index (χ0) is 11.2. The number of alkyl halides is 1. The van der Waals surface area contributed by atoms with Crippen LogP contribution in [0.25, 0.3) is 0 Å². The van der Waals surface area contributed by atoms with E-state index in [2.05, 4.69) is 13.8 Å². The fourth-order valence-electron chi connectivity index (χ4n) is 1.38. The van der Waals surface area contributed by atoms with Gasteiger partial charge in [0.15, 0.2) is 0 Å². The molecule has 2 nitrogen and oxygen atoms in total. The molecule has 0 unspecified atom stereocenters. The maximum Gasteiger partial charge on any atom is 0.150 e. The molecule has 0 aliphatic rings. The van der Waals surface area contributed by atoms with Crippen LogP contribution in [0.2, 0.25) is 0 Å². The lowest BCUT2D eigenvalue weighted by atomic mass is 9.82. The Bertz CT molecular complexity index is 235. The molecular formula is C10H21ClO2S. The minimum atomic E-state index is -2.84. The summed E-state index contributed by atoms with van der Waals surface area (Å²) in [6.45, 7) is 5.84. The normalized spacial score (nSPS) is 13.1. The van der Waals surface area contributed by atoms with Crippen LogP contribution >= 0.6 is 11.6 Å². The number of halogens is 1. The second kappa shape index (κ2) is 5.96. The highest BCUT2D eigenvalue weighted by molar-refractivity contribution is 7.91. The van der Waals surface area contributed by atoms with Crippen molar-refractivity contribution >= 4 is 21.4 Å². The summed E-state index contributed by atoms with van der Waals surface area (Å²) in [7, 11) is -2.84. The molecule has 0 N–H and O–H groups in total. The van der Waals surface area contributed by atoms with E-state index >= 15 is 0 Å². The Balaban J connectivity index is 4.34. The van der Waals surface area contributed by atoms with Gasteiger partial charge in [-0.25, -0.2) is 8.42 Å². The van der Waals surface area contributed by atoms with E-state index in [9.17, 15) is 8.42 Å². The Kier molecular flexibility index (Phi) is 6.06. The highest BCUT2D eigenvalue weighted by Gasteiger charge is 2.26. The highest BCUT2D eigenvalue weighted by atomic mass is 35.5. The predicted molar refractivity (Wildman–Crippen MR) is 62.7 cm³/mol. The number of rotatable bonds is 7. The quantitative estimate of drug-likeness (QED) is 0.642. The summed E-state index contributed by atoms with van der Waals surface area (Å²) in [5, 5.41) is 0. The van der Waals surface area contributed by atoms with E-state index < -0.39 is 9.84 Å². The van der Waals surface area contributed by atoms with Crippen LogP contribution in [0.5, 0.6) is 0 Å². The van der Waals surface area contributed by atoms with Crippen molar-refractivity contribution in [1.29, 1.82) is 0 Å². The van der Waals surface area contributed by atoms with Gasteiger partial charge in [-0.3, -0.25) is 0 Å². The van der Waals surface area contributed by atoms with Crippen molar-refractivity contribution in [3.63, 3.8) is 0 Å². The van der Waals surface area contributed by atoms with Crippen molar-refractivity contribution in [3.8, 4) is 0 Å². The van der Waals surface area contributed by atoms with Gasteiger partial charge >= 0.3 is 0 Å². The first-order valence-corrected chi connectivity index (χ1v) is 7.57. The summed E-state index contributed by atoms with van der Waals surface area (Å²) in [5.74, 6) is 1.07. The third-order valence-corrected chi connectivity index (χ3v) is 5.44. The molecule has 0 aromatic rings. The third-order valence-electron chi connectivity index (χ3n) is 3.17. The van der Waals surface area contributed by atoms with Gasteiger partial charge in [-0.15, -0.1) is 11.6 Å². The summed E-state index contributed by atoms with van der Waals surface area (Å²) in [6, 6.07) is 0. The Morgan fingerprint density at radius 3 is 1.93 bits per heavy atom. The van der Waals surface area contributed by atoms with Crippen LogP contribution in [-0.4, -0.2) is 25.8 Å². The molecule has 0 aromatic carbocycles. The van der Waals surface area contributed by atoms with E-state index in [1.54, 1.807) is 6.92 Å². The molecule has 0 saturated carbocycles. The molecule has 0 atom stereocenters. The van der Waals surface area contributed by atoms with Crippen molar-refractivity contribution in [2.75, 3.05) is 17.4 Å². The molecule has 0 saturated heterocycles. The molecule has 0 rings (SSSR count). The maximum atomic E-state index is 11.4. The molecule has 86 valence electrons. The van der Waals surface area contributed by atoms with Crippen LogP contribution < -0.4 is 0 Å². The minimum absolute atomic E-state index is 0.0177. The lowest BCUT2D eigenvalue weighted by molar-refractivity contribution is 0.293. The summed E-state index contributed by atoms with van der Waals surface area (Å²) in [4.78, 5) is 0. The molecule has 0 bridgehead atoms. The summed E-state index contributed by atoms with van der Waals surface area (Å²) < 4.78 is 22.7. The molecule has 0 radical (unpaired) electrons. The van der Waals surface area contributed by atoms with Crippen LogP contribution in [0.4, 0.5) is 0 Å². The van der Waals surface area contributed by atoms with Gasteiger partial charge in [-0.05, 0) is 24.7 Å². The zero-order valence-electron chi connectivity index (χ0n) is 9.35. The van der Waals surface area contributed by atoms with Gasteiger partial charge in [0.2, 0.25) is 0 Å². The monoisotopic (exact) mass is 240 g/mol. The largest absolute Gasteiger partial charge is 0.229 e. The lowest BCUT2D eigenvalue weighted by Crippen LogP contribution is -2.25. The molecule has 0 aromatic heterocycles.